The van der Waals surface area contributed by atoms with Crippen molar-refractivity contribution in [1.29, 1.82) is 0 Å². The van der Waals surface area contributed by atoms with Crippen LogP contribution in [-0.4, -0.2) is 12.1 Å². The average Bonchev–Trinajstić information content (AvgIpc) is 2.63. The Balaban J connectivity index is 1.76. The highest BCUT2D eigenvalue weighted by atomic mass is 32.1. The summed E-state index contributed by atoms with van der Waals surface area (Å²) in [6.07, 6.45) is 4.13. The molecule has 1 aliphatic carbocycles. The second-order valence-electron chi connectivity index (χ2n) is 6.06. The molecule has 0 saturated heterocycles. The largest absolute Gasteiger partial charge is 0.312 e. The summed E-state index contributed by atoms with van der Waals surface area (Å²) in [5, 5.41) is 8.13. The molecule has 0 aromatic carbocycles. The van der Waals surface area contributed by atoms with Crippen LogP contribution in [0.3, 0.4) is 0 Å². The van der Waals surface area contributed by atoms with Gasteiger partial charge in [0.05, 0.1) is 0 Å². The second kappa shape index (κ2) is 4.89. The van der Waals surface area contributed by atoms with Gasteiger partial charge in [-0.3, -0.25) is 0 Å². The van der Waals surface area contributed by atoms with E-state index >= 15 is 0 Å². The number of rotatable bonds is 4. The second-order valence-corrected chi connectivity index (χ2v) is 6.84. The van der Waals surface area contributed by atoms with Gasteiger partial charge in [-0.2, -0.15) is 11.3 Å². The van der Waals surface area contributed by atoms with E-state index in [9.17, 15) is 0 Å². The van der Waals surface area contributed by atoms with E-state index in [0.717, 1.165) is 11.8 Å². The fourth-order valence-corrected chi connectivity index (χ4v) is 3.01. The summed E-state index contributed by atoms with van der Waals surface area (Å²) in [7, 11) is 0. The van der Waals surface area contributed by atoms with Crippen molar-refractivity contribution in [2.75, 3.05) is 6.54 Å². The maximum Gasteiger partial charge on any atom is 0.00966 e. The first kappa shape index (κ1) is 12.1. The zero-order chi connectivity index (χ0) is 11.6. The minimum Gasteiger partial charge on any atom is -0.312 e. The number of hydrogen-bond acceptors (Lipinski definition) is 2. The molecular formula is C14H23NS. The molecule has 2 unspecified atom stereocenters. The summed E-state index contributed by atoms with van der Waals surface area (Å²) in [6, 6.07) is 2.28. The Kier molecular flexibility index (Phi) is 3.70. The van der Waals surface area contributed by atoms with Crippen molar-refractivity contribution in [3.05, 3.63) is 22.4 Å². The summed E-state index contributed by atoms with van der Waals surface area (Å²) in [5.74, 6) is 1.82. The quantitative estimate of drug-likeness (QED) is 0.842. The molecule has 1 nitrogen and oxygen atoms in total. The van der Waals surface area contributed by atoms with Crippen LogP contribution in [0.5, 0.6) is 0 Å². The lowest BCUT2D eigenvalue weighted by molar-refractivity contribution is 0.159. The van der Waals surface area contributed by atoms with Crippen LogP contribution in [0.25, 0.3) is 0 Å². The fourth-order valence-electron chi connectivity index (χ4n) is 2.32. The van der Waals surface area contributed by atoms with Gasteiger partial charge in [0.1, 0.15) is 0 Å². The molecule has 2 atom stereocenters. The molecular weight excluding hydrogens is 214 g/mol. The summed E-state index contributed by atoms with van der Waals surface area (Å²) < 4.78 is 0. The third-order valence-electron chi connectivity index (χ3n) is 3.55. The van der Waals surface area contributed by atoms with Gasteiger partial charge in [-0.05, 0) is 80.8 Å². The Bertz CT molecular complexity index is 310. The Morgan fingerprint density at radius 1 is 1.31 bits per heavy atom. The minimum absolute atomic E-state index is 0.266. The van der Waals surface area contributed by atoms with Crippen LogP contribution < -0.4 is 5.32 Å². The Hall–Kier alpha value is -0.340. The van der Waals surface area contributed by atoms with E-state index in [4.69, 9.17) is 0 Å². The maximum atomic E-state index is 3.64. The van der Waals surface area contributed by atoms with Gasteiger partial charge in [0.15, 0.2) is 0 Å². The summed E-state index contributed by atoms with van der Waals surface area (Å²) in [5.41, 5.74) is 1.80. The van der Waals surface area contributed by atoms with E-state index in [-0.39, 0.29) is 5.54 Å². The third-order valence-corrected chi connectivity index (χ3v) is 4.28. The summed E-state index contributed by atoms with van der Waals surface area (Å²) >= 11 is 1.82. The molecule has 1 saturated carbocycles. The van der Waals surface area contributed by atoms with Gasteiger partial charge in [-0.25, -0.2) is 0 Å². The topological polar surface area (TPSA) is 12.0 Å². The molecule has 0 spiro atoms. The fraction of sp³-hybridized carbons (Fsp3) is 0.714. The first-order valence-corrected chi connectivity index (χ1v) is 7.25. The molecule has 1 aromatic heterocycles. The van der Waals surface area contributed by atoms with E-state index in [1.165, 1.54) is 31.4 Å². The number of hydrogen-bond donors (Lipinski definition) is 1. The zero-order valence-electron chi connectivity index (χ0n) is 10.6. The van der Waals surface area contributed by atoms with E-state index < -0.39 is 0 Å². The van der Waals surface area contributed by atoms with Crippen molar-refractivity contribution in [3.8, 4) is 0 Å². The van der Waals surface area contributed by atoms with Gasteiger partial charge >= 0.3 is 0 Å². The lowest BCUT2D eigenvalue weighted by Gasteiger charge is -2.38. The Morgan fingerprint density at radius 2 is 2.06 bits per heavy atom. The lowest BCUT2D eigenvalue weighted by atomic mass is 9.71. The lowest BCUT2D eigenvalue weighted by Crippen LogP contribution is -2.44. The first-order valence-electron chi connectivity index (χ1n) is 6.31. The zero-order valence-corrected chi connectivity index (χ0v) is 11.4. The van der Waals surface area contributed by atoms with E-state index in [1.54, 1.807) is 0 Å². The van der Waals surface area contributed by atoms with Crippen LogP contribution in [-0.2, 0) is 6.42 Å². The van der Waals surface area contributed by atoms with Gasteiger partial charge in [0.2, 0.25) is 0 Å². The van der Waals surface area contributed by atoms with Crippen LogP contribution >= 0.6 is 11.3 Å². The van der Waals surface area contributed by atoms with Crippen molar-refractivity contribution in [2.45, 2.75) is 45.6 Å². The van der Waals surface area contributed by atoms with Gasteiger partial charge in [0, 0.05) is 5.54 Å². The van der Waals surface area contributed by atoms with Crippen molar-refractivity contribution in [2.24, 2.45) is 11.8 Å². The predicted octanol–water partition coefficient (Wildman–Crippen LogP) is 3.70. The monoisotopic (exact) mass is 237 g/mol. The summed E-state index contributed by atoms with van der Waals surface area (Å²) in [4.78, 5) is 0. The van der Waals surface area contributed by atoms with Gasteiger partial charge in [-0.15, -0.1) is 0 Å². The standard InChI is InChI=1S/C14H23NS/c1-14(2,3)15-9-13-5-4-12(13)8-11-6-7-16-10-11/h6-7,10,12-13,15H,4-5,8-9H2,1-3H3. The molecule has 1 N–H and O–H groups in total. The SMILES string of the molecule is CC(C)(C)NCC1CCC1Cc1ccsc1. The average molecular weight is 237 g/mol. The molecule has 2 rings (SSSR count). The molecule has 1 heterocycles. The van der Waals surface area contributed by atoms with E-state index in [1.807, 2.05) is 11.3 Å². The smallest absolute Gasteiger partial charge is 0.00966 e. The van der Waals surface area contributed by atoms with Crippen LogP contribution in [0.2, 0.25) is 0 Å². The Labute approximate surface area is 103 Å². The third kappa shape index (κ3) is 3.33. The highest BCUT2D eigenvalue weighted by molar-refractivity contribution is 7.07. The van der Waals surface area contributed by atoms with Crippen molar-refractivity contribution in [3.63, 3.8) is 0 Å². The van der Waals surface area contributed by atoms with Gasteiger partial charge in [0.25, 0.3) is 0 Å². The van der Waals surface area contributed by atoms with Crippen molar-refractivity contribution >= 4 is 11.3 Å². The van der Waals surface area contributed by atoms with Crippen LogP contribution in [0.15, 0.2) is 16.8 Å². The molecule has 0 aliphatic heterocycles. The number of thiophene rings is 1. The minimum atomic E-state index is 0.266. The van der Waals surface area contributed by atoms with Gasteiger partial charge < -0.3 is 5.32 Å². The molecule has 0 radical (unpaired) electrons. The molecule has 0 bridgehead atoms. The molecule has 2 heteroatoms. The van der Waals surface area contributed by atoms with Gasteiger partial charge in [-0.1, -0.05) is 0 Å². The predicted molar refractivity (Wildman–Crippen MR) is 72.0 cm³/mol. The highest BCUT2D eigenvalue weighted by Gasteiger charge is 2.31. The molecule has 16 heavy (non-hydrogen) atoms. The molecule has 1 aliphatic rings. The van der Waals surface area contributed by atoms with Crippen LogP contribution in [0.4, 0.5) is 0 Å². The molecule has 90 valence electrons. The molecule has 1 fully saturated rings. The van der Waals surface area contributed by atoms with Crippen molar-refractivity contribution in [1.82, 2.24) is 5.32 Å². The molecule has 1 aromatic rings. The van der Waals surface area contributed by atoms with E-state index in [0.29, 0.717) is 0 Å². The number of nitrogens with one attached hydrogen (secondary N) is 1. The maximum absolute atomic E-state index is 3.64. The Morgan fingerprint density at radius 3 is 2.56 bits per heavy atom. The van der Waals surface area contributed by atoms with E-state index in [2.05, 4.69) is 42.9 Å². The highest BCUT2D eigenvalue weighted by Crippen LogP contribution is 2.36. The summed E-state index contributed by atoms with van der Waals surface area (Å²) in [6.45, 7) is 7.94. The molecule has 0 amide bonds. The van der Waals surface area contributed by atoms with Crippen LogP contribution in [0, 0.1) is 11.8 Å². The first-order chi connectivity index (χ1) is 7.54. The normalized spacial score (nSPS) is 25.4. The van der Waals surface area contributed by atoms with Crippen LogP contribution in [0.1, 0.15) is 39.2 Å². The van der Waals surface area contributed by atoms with Crippen molar-refractivity contribution < 1.29 is 0 Å².